The van der Waals surface area contributed by atoms with Gasteiger partial charge >= 0.3 is 5.97 Å². The number of carbonyl (C=O) groups is 1. The maximum Gasteiger partial charge on any atom is 0.312 e. The van der Waals surface area contributed by atoms with Crippen LogP contribution in [0, 0.1) is 12.3 Å². The number of ether oxygens (including phenoxy) is 2. The van der Waals surface area contributed by atoms with Crippen molar-refractivity contribution >= 4 is 17.3 Å². The van der Waals surface area contributed by atoms with Gasteiger partial charge in [0, 0.05) is 24.2 Å². The Hall–Kier alpha value is -0.980. The summed E-state index contributed by atoms with van der Waals surface area (Å²) in [6.45, 7) is 8.02. The van der Waals surface area contributed by atoms with Crippen LogP contribution >= 0.6 is 11.3 Å². The summed E-state index contributed by atoms with van der Waals surface area (Å²) in [6.07, 6.45) is 8.17. The van der Waals surface area contributed by atoms with E-state index < -0.39 is 0 Å². The molecular weight excluding hydrogens is 336 g/mol. The van der Waals surface area contributed by atoms with Crippen LogP contribution < -0.4 is 0 Å². The first kappa shape index (κ1) is 18.8. The van der Waals surface area contributed by atoms with Gasteiger partial charge in [0.1, 0.15) is 0 Å². The van der Waals surface area contributed by atoms with Crippen LogP contribution in [0.4, 0.5) is 0 Å². The molecule has 1 atom stereocenters. The largest absolute Gasteiger partial charge is 0.466 e. The molecule has 0 aromatic carbocycles. The van der Waals surface area contributed by atoms with Gasteiger partial charge in [0.15, 0.2) is 0 Å². The van der Waals surface area contributed by atoms with Crippen molar-refractivity contribution in [3.05, 3.63) is 16.1 Å². The van der Waals surface area contributed by atoms with Gasteiger partial charge < -0.3 is 9.47 Å². The summed E-state index contributed by atoms with van der Waals surface area (Å²) in [5.41, 5.74) is -0.363. The number of hydrogen-bond donors (Lipinski definition) is 0. The van der Waals surface area contributed by atoms with Crippen LogP contribution in [0.25, 0.3) is 0 Å². The zero-order chi connectivity index (χ0) is 17.7. The van der Waals surface area contributed by atoms with Gasteiger partial charge in [-0.05, 0) is 65.5 Å². The highest BCUT2D eigenvalue weighted by atomic mass is 32.1. The summed E-state index contributed by atoms with van der Waals surface area (Å²) in [5, 5.41) is 1.11. The van der Waals surface area contributed by atoms with Crippen LogP contribution in [-0.4, -0.2) is 48.3 Å². The van der Waals surface area contributed by atoms with Crippen molar-refractivity contribution in [3.63, 3.8) is 0 Å². The molecule has 0 saturated carbocycles. The molecule has 25 heavy (non-hydrogen) atoms. The highest BCUT2D eigenvalue weighted by Crippen LogP contribution is 2.40. The lowest BCUT2D eigenvalue weighted by Crippen LogP contribution is -2.47. The molecule has 5 nitrogen and oxygen atoms in total. The lowest BCUT2D eigenvalue weighted by molar-refractivity contribution is -0.162. The number of piperidine rings is 1. The number of rotatable bonds is 6. The third-order valence-electron chi connectivity index (χ3n) is 5.46. The van der Waals surface area contributed by atoms with Gasteiger partial charge in [0.05, 0.1) is 23.1 Å². The predicted octanol–water partition coefficient (Wildman–Crippen LogP) is 3.56. The number of likely N-dealkylation sites (tertiary alicyclic amines) is 1. The second kappa shape index (κ2) is 8.60. The number of nitrogens with zero attached hydrogens (tertiary/aromatic N) is 2. The van der Waals surface area contributed by atoms with Gasteiger partial charge in [0.2, 0.25) is 0 Å². The van der Waals surface area contributed by atoms with E-state index in [9.17, 15) is 4.79 Å². The Kier molecular flexibility index (Phi) is 6.47. The number of aromatic nitrogens is 1. The normalized spacial score (nSPS) is 24.2. The van der Waals surface area contributed by atoms with Crippen molar-refractivity contribution in [2.75, 3.05) is 26.3 Å². The van der Waals surface area contributed by atoms with Gasteiger partial charge in [-0.3, -0.25) is 9.69 Å². The third kappa shape index (κ3) is 4.80. The summed E-state index contributed by atoms with van der Waals surface area (Å²) in [4.78, 5) is 20.8. The van der Waals surface area contributed by atoms with Crippen LogP contribution in [0.15, 0.2) is 6.20 Å². The minimum absolute atomic E-state index is 0.0162. The summed E-state index contributed by atoms with van der Waals surface area (Å²) in [6, 6.07) is 0. The number of aryl methyl sites for hydroxylation is 1. The smallest absolute Gasteiger partial charge is 0.312 e. The molecule has 0 bridgehead atoms. The van der Waals surface area contributed by atoms with Crippen molar-refractivity contribution in [1.29, 1.82) is 0 Å². The molecule has 0 amide bonds. The van der Waals surface area contributed by atoms with E-state index in [1.54, 1.807) is 11.3 Å². The molecule has 2 saturated heterocycles. The van der Waals surface area contributed by atoms with E-state index in [2.05, 4.69) is 9.88 Å². The number of hydrogen-bond acceptors (Lipinski definition) is 6. The van der Waals surface area contributed by atoms with Gasteiger partial charge in [-0.15, -0.1) is 11.3 Å². The second-order valence-corrected chi connectivity index (χ2v) is 8.63. The number of thiazole rings is 1. The van der Waals surface area contributed by atoms with Crippen LogP contribution in [-0.2, 0) is 20.8 Å². The van der Waals surface area contributed by atoms with Gasteiger partial charge in [-0.1, -0.05) is 0 Å². The minimum Gasteiger partial charge on any atom is -0.466 e. The van der Waals surface area contributed by atoms with Gasteiger partial charge in [0.25, 0.3) is 0 Å². The van der Waals surface area contributed by atoms with Crippen molar-refractivity contribution in [1.82, 2.24) is 9.88 Å². The molecule has 1 aromatic rings. The molecule has 0 N–H and O–H groups in total. The Morgan fingerprint density at radius 3 is 2.84 bits per heavy atom. The van der Waals surface area contributed by atoms with Crippen molar-refractivity contribution < 1.29 is 14.3 Å². The van der Waals surface area contributed by atoms with E-state index in [1.807, 2.05) is 20.0 Å². The fourth-order valence-corrected chi connectivity index (χ4v) is 4.86. The first-order valence-electron chi connectivity index (χ1n) is 9.54. The average Bonchev–Trinajstić information content (AvgIpc) is 3.03. The summed E-state index contributed by atoms with van der Waals surface area (Å²) in [7, 11) is 0. The standard InChI is InChI=1S/C19H30N2O3S/c1-3-23-18(22)19(12-16-6-4-5-11-24-16)7-9-21(10-8-19)14-17-13-20-15(2)25-17/h13,16H,3-12,14H2,1-2H3/t16-/m0/s1. The Labute approximate surface area is 154 Å². The van der Waals surface area contributed by atoms with Crippen molar-refractivity contribution in [3.8, 4) is 0 Å². The lowest BCUT2D eigenvalue weighted by atomic mass is 9.73. The molecule has 140 valence electrons. The maximum absolute atomic E-state index is 12.8. The van der Waals surface area contributed by atoms with Crippen LogP contribution in [0.5, 0.6) is 0 Å². The SMILES string of the molecule is CCOC(=O)C1(C[C@@H]2CCCCO2)CCN(Cc2cnc(C)s2)CC1. The van der Waals surface area contributed by atoms with Crippen LogP contribution in [0.2, 0.25) is 0 Å². The number of carbonyl (C=O) groups excluding carboxylic acids is 1. The second-order valence-electron chi connectivity index (χ2n) is 7.32. The molecule has 6 heteroatoms. The van der Waals surface area contributed by atoms with E-state index in [0.29, 0.717) is 6.61 Å². The molecule has 2 aliphatic rings. The summed E-state index contributed by atoms with van der Waals surface area (Å²) >= 11 is 1.76. The zero-order valence-electron chi connectivity index (χ0n) is 15.5. The Bertz CT molecular complexity index is 561. The van der Waals surface area contributed by atoms with E-state index in [0.717, 1.165) is 63.4 Å². The minimum atomic E-state index is -0.363. The number of esters is 1. The average molecular weight is 367 g/mol. The molecular formula is C19H30N2O3S. The quantitative estimate of drug-likeness (QED) is 0.721. The summed E-state index contributed by atoms with van der Waals surface area (Å²) in [5.74, 6) is -0.0162. The molecule has 2 fully saturated rings. The molecule has 0 radical (unpaired) electrons. The fourth-order valence-electron chi connectivity index (χ4n) is 4.02. The lowest BCUT2D eigenvalue weighted by Gasteiger charge is -2.42. The van der Waals surface area contributed by atoms with Crippen LogP contribution in [0.1, 0.15) is 55.3 Å². The Morgan fingerprint density at radius 2 is 2.24 bits per heavy atom. The molecule has 0 aliphatic carbocycles. The highest BCUT2D eigenvalue weighted by Gasteiger charge is 2.44. The Morgan fingerprint density at radius 1 is 1.44 bits per heavy atom. The van der Waals surface area contributed by atoms with E-state index in [1.165, 1.54) is 11.3 Å². The van der Waals surface area contributed by atoms with E-state index in [4.69, 9.17) is 9.47 Å². The topological polar surface area (TPSA) is 51.7 Å². The molecule has 3 rings (SSSR count). The van der Waals surface area contributed by atoms with Crippen molar-refractivity contribution in [2.45, 2.75) is 65.0 Å². The van der Waals surface area contributed by atoms with Crippen molar-refractivity contribution in [2.24, 2.45) is 5.41 Å². The summed E-state index contributed by atoms with van der Waals surface area (Å²) < 4.78 is 11.4. The van der Waals surface area contributed by atoms with E-state index >= 15 is 0 Å². The fraction of sp³-hybridized carbons (Fsp3) is 0.789. The molecule has 2 aliphatic heterocycles. The van der Waals surface area contributed by atoms with Gasteiger partial charge in [-0.2, -0.15) is 0 Å². The molecule has 1 aromatic heterocycles. The third-order valence-corrected chi connectivity index (χ3v) is 6.36. The predicted molar refractivity (Wildman–Crippen MR) is 98.6 cm³/mol. The highest BCUT2D eigenvalue weighted by molar-refractivity contribution is 7.11. The molecule has 0 unspecified atom stereocenters. The molecule has 0 spiro atoms. The Balaban J connectivity index is 1.61. The monoisotopic (exact) mass is 366 g/mol. The zero-order valence-corrected chi connectivity index (χ0v) is 16.3. The van der Waals surface area contributed by atoms with E-state index in [-0.39, 0.29) is 17.5 Å². The maximum atomic E-state index is 12.8. The first-order chi connectivity index (χ1) is 12.1. The molecule has 3 heterocycles. The first-order valence-corrected chi connectivity index (χ1v) is 10.4. The van der Waals surface area contributed by atoms with Gasteiger partial charge in [-0.25, -0.2) is 4.98 Å². The van der Waals surface area contributed by atoms with Crippen LogP contribution in [0.3, 0.4) is 0 Å².